The molecule has 2 heterocycles. The highest BCUT2D eigenvalue weighted by molar-refractivity contribution is 4.85. The van der Waals surface area contributed by atoms with Crippen molar-refractivity contribution in [3.05, 3.63) is 0 Å². The minimum Gasteiger partial charge on any atom is -0.378 e. The first-order valence-corrected chi connectivity index (χ1v) is 8.18. The second kappa shape index (κ2) is 7.05. The summed E-state index contributed by atoms with van der Waals surface area (Å²) in [5, 5.41) is 3.90. The van der Waals surface area contributed by atoms with Gasteiger partial charge in [0.05, 0.1) is 6.10 Å². The van der Waals surface area contributed by atoms with Crippen molar-refractivity contribution in [1.82, 2.24) is 10.2 Å². The third-order valence-corrected chi connectivity index (χ3v) is 4.79. The van der Waals surface area contributed by atoms with E-state index in [0.29, 0.717) is 24.1 Å². The van der Waals surface area contributed by atoms with Crippen molar-refractivity contribution in [1.29, 1.82) is 0 Å². The van der Waals surface area contributed by atoms with Gasteiger partial charge < -0.3 is 15.0 Å². The second-order valence-corrected chi connectivity index (χ2v) is 6.95. The molecule has 112 valence electrons. The summed E-state index contributed by atoms with van der Waals surface area (Å²) < 4.78 is 5.86. The molecule has 2 atom stereocenters. The fourth-order valence-electron chi connectivity index (χ4n) is 3.36. The molecular weight excluding hydrogens is 236 g/mol. The largest absolute Gasteiger partial charge is 0.378 e. The van der Waals surface area contributed by atoms with Crippen LogP contribution in [0.4, 0.5) is 0 Å². The molecule has 19 heavy (non-hydrogen) atoms. The third kappa shape index (κ3) is 4.44. The highest BCUT2D eigenvalue weighted by atomic mass is 16.5. The molecule has 3 heteroatoms. The molecule has 1 N–H and O–H groups in total. The van der Waals surface area contributed by atoms with Crippen molar-refractivity contribution >= 4 is 0 Å². The highest BCUT2D eigenvalue weighted by Gasteiger charge is 2.28. The van der Waals surface area contributed by atoms with Crippen molar-refractivity contribution < 1.29 is 4.74 Å². The Morgan fingerprint density at radius 1 is 1.00 bits per heavy atom. The maximum Gasteiger partial charge on any atom is 0.0612 e. The number of nitrogens with one attached hydrogen (secondary N) is 1. The van der Waals surface area contributed by atoms with Crippen LogP contribution in [0.1, 0.15) is 53.4 Å². The minimum atomic E-state index is 0.460. The van der Waals surface area contributed by atoms with E-state index in [1.807, 2.05) is 0 Å². The van der Waals surface area contributed by atoms with Gasteiger partial charge in [0, 0.05) is 24.7 Å². The number of nitrogens with zero attached hydrogens (tertiary/aromatic N) is 1. The summed E-state index contributed by atoms with van der Waals surface area (Å²) in [4.78, 5) is 2.60. The van der Waals surface area contributed by atoms with Crippen LogP contribution in [0.3, 0.4) is 0 Å². The van der Waals surface area contributed by atoms with Gasteiger partial charge in [-0.2, -0.15) is 0 Å². The summed E-state index contributed by atoms with van der Waals surface area (Å²) in [5.74, 6) is 0.646. The number of hydrogen-bond acceptors (Lipinski definition) is 3. The maximum absolute atomic E-state index is 5.86. The van der Waals surface area contributed by atoms with E-state index in [1.165, 1.54) is 38.8 Å². The van der Waals surface area contributed by atoms with E-state index in [-0.39, 0.29) is 0 Å². The minimum absolute atomic E-state index is 0.460. The van der Waals surface area contributed by atoms with E-state index in [2.05, 4.69) is 37.9 Å². The highest BCUT2D eigenvalue weighted by Crippen LogP contribution is 2.22. The summed E-state index contributed by atoms with van der Waals surface area (Å²) in [5.41, 5.74) is 0. The lowest BCUT2D eigenvalue weighted by Crippen LogP contribution is -2.50. The van der Waals surface area contributed by atoms with Gasteiger partial charge in [-0.1, -0.05) is 13.8 Å². The van der Waals surface area contributed by atoms with Gasteiger partial charge in [-0.25, -0.2) is 0 Å². The number of rotatable bonds is 4. The summed E-state index contributed by atoms with van der Waals surface area (Å²) in [6, 6.07) is 2.11. The van der Waals surface area contributed by atoms with Crippen molar-refractivity contribution in [2.24, 2.45) is 5.92 Å². The molecule has 0 aromatic rings. The standard InChI is InChI=1S/C16H32N2O/c1-12(2)16-11-15(7-10-19-16)17-14-5-8-18(9-6-14)13(3)4/h12-17H,5-11H2,1-4H3. The predicted octanol–water partition coefficient (Wildman–Crippen LogP) is 2.65. The molecule has 2 fully saturated rings. The first-order chi connectivity index (χ1) is 9.06. The van der Waals surface area contributed by atoms with E-state index < -0.39 is 0 Å². The Morgan fingerprint density at radius 3 is 2.26 bits per heavy atom. The Morgan fingerprint density at radius 2 is 1.68 bits per heavy atom. The Labute approximate surface area is 119 Å². The molecule has 0 radical (unpaired) electrons. The average molecular weight is 268 g/mol. The van der Waals surface area contributed by atoms with Crippen LogP contribution in [-0.2, 0) is 4.74 Å². The third-order valence-electron chi connectivity index (χ3n) is 4.79. The molecule has 0 aliphatic carbocycles. The van der Waals surface area contributed by atoms with E-state index in [0.717, 1.165) is 12.6 Å². The normalized spacial score (nSPS) is 31.3. The molecule has 2 rings (SSSR count). The lowest BCUT2D eigenvalue weighted by Gasteiger charge is -2.39. The molecule has 3 nitrogen and oxygen atoms in total. The van der Waals surface area contributed by atoms with Crippen LogP contribution in [0, 0.1) is 5.92 Å². The summed E-state index contributed by atoms with van der Waals surface area (Å²) >= 11 is 0. The lowest BCUT2D eigenvalue weighted by atomic mass is 9.93. The zero-order chi connectivity index (χ0) is 13.8. The van der Waals surface area contributed by atoms with Gasteiger partial charge in [-0.05, 0) is 58.5 Å². The molecule has 0 bridgehead atoms. The van der Waals surface area contributed by atoms with Gasteiger partial charge >= 0.3 is 0 Å². The van der Waals surface area contributed by atoms with E-state index in [4.69, 9.17) is 4.74 Å². The molecule has 2 unspecified atom stereocenters. The number of piperidine rings is 1. The van der Waals surface area contributed by atoms with Crippen LogP contribution in [0.25, 0.3) is 0 Å². The Hall–Kier alpha value is -0.120. The predicted molar refractivity (Wildman–Crippen MR) is 80.5 cm³/mol. The molecule has 0 aromatic carbocycles. The fourth-order valence-corrected chi connectivity index (χ4v) is 3.36. The zero-order valence-corrected chi connectivity index (χ0v) is 13.2. The molecule has 0 aromatic heterocycles. The van der Waals surface area contributed by atoms with Gasteiger partial charge in [0.15, 0.2) is 0 Å². The van der Waals surface area contributed by atoms with E-state index in [1.54, 1.807) is 0 Å². The van der Waals surface area contributed by atoms with E-state index >= 15 is 0 Å². The van der Waals surface area contributed by atoms with Gasteiger partial charge in [0.1, 0.15) is 0 Å². The van der Waals surface area contributed by atoms with Crippen molar-refractivity contribution in [3.63, 3.8) is 0 Å². The first-order valence-electron chi connectivity index (χ1n) is 8.18. The molecule has 2 aliphatic heterocycles. The second-order valence-electron chi connectivity index (χ2n) is 6.95. The number of hydrogen-bond donors (Lipinski definition) is 1. The Kier molecular flexibility index (Phi) is 5.67. The quantitative estimate of drug-likeness (QED) is 0.848. The van der Waals surface area contributed by atoms with E-state index in [9.17, 15) is 0 Å². The smallest absolute Gasteiger partial charge is 0.0612 e. The van der Waals surface area contributed by atoms with Gasteiger partial charge in [-0.15, -0.1) is 0 Å². The molecular formula is C16H32N2O. The SMILES string of the molecule is CC(C)C1CC(NC2CCN(C(C)C)CC2)CCO1. The average Bonchev–Trinajstić information content (AvgIpc) is 2.39. The fraction of sp³-hybridized carbons (Fsp3) is 1.00. The molecule has 2 aliphatic rings. The first kappa shape index (κ1) is 15.3. The van der Waals surface area contributed by atoms with Gasteiger partial charge in [0.25, 0.3) is 0 Å². The van der Waals surface area contributed by atoms with Crippen LogP contribution in [-0.4, -0.2) is 48.8 Å². The van der Waals surface area contributed by atoms with Crippen LogP contribution >= 0.6 is 0 Å². The molecule has 0 spiro atoms. The van der Waals surface area contributed by atoms with Crippen molar-refractivity contribution in [2.45, 2.75) is 77.6 Å². The topological polar surface area (TPSA) is 24.5 Å². The zero-order valence-electron chi connectivity index (χ0n) is 13.2. The summed E-state index contributed by atoms with van der Waals surface area (Å²) in [6.45, 7) is 12.6. The molecule has 0 amide bonds. The maximum atomic E-state index is 5.86. The van der Waals surface area contributed by atoms with Crippen molar-refractivity contribution in [2.75, 3.05) is 19.7 Å². The Bertz CT molecular complexity index is 259. The molecule has 0 saturated carbocycles. The van der Waals surface area contributed by atoms with Crippen LogP contribution in [0.5, 0.6) is 0 Å². The van der Waals surface area contributed by atoms with Crippen LogP contribution in [0.2, 0.25) is 0 Å². The Balaban J connectivity index is 1.73. The van der Waals surface area contributed by atoms with Crippen LogP contribution in [0.15, 0.2) is 0 Å². The molecule has 2 saturated heterocycles. The van der Waals surface area contributed by atoms with Crippen LogP contribution < -0.4 is 5.32 Å². The number of ether oxygens (including phenoxy) is 1. The summed E-state index contributed by atoms with van der Waals surface area (Å²) in [6.07, 6.45) is 5.46. The van der Waals surface area contributed by atoms with Gasteiger partial charge in [0.2, 0.25) is 0 Å². The number of likely N-dealkylation sites (tertiary alicyclic amines) is 1. The van der Waals surface area contributed by atoms with Gasteiger partial charge in [-0.3, -0.25) is 0 Å². The monoisotopic (exact) mass is 268 g/mol. The lowest BCUT2D eigenvalue weighted by molar-refractivity contribution is -0.0272. The summed E-state index contributed by atoms with van der Waals surface area (Å²) in [7, 11) is 0. The van der Waals surface area contributed by atoms with Crippen molar-refractivity contribution in [3.8, 4) is 0 Å².